The van der Waals surface area contributed by atoms with Gasteiger partial charge in [-0.3, -0.25) is 0 Å². The molecule has 2 aromatic rings. The average Bonchev–Trinajstić information content (AvgIpc) is 2.41. The molecule has 0 aliphatic rings. The second kappa shape index (κ2) is 5.48. The van der Waals surface area contributed by atoms with Crippen molar-refractivity contribution in [1.82, 2.24) is 0 Å². The summed E-state index contributed by atoms with van der Waals surface area (Å²) >= 11 is 5.88. The zero-order valence-electron chi connectivity index (χ0n) is 9.42. The Morgan fingerprint density at radius 2 is 1.61 bits per heavy atom. The van der Waals surface area contributed by atoms with Gasteiger partial charge in [0.1, 0.15) is 18.0 Å². The molecular formula is C14H12ClFO2. The smallest absolute Gasteiger partial charge is 0.123 e. The van der Waals surface area contributed by atoms with E-state index in [9.17, 15) is 14.6 Å². The summed E-state index contributed by atoms with van der Waals surface area (Å²) in [6.07, 6.45) is -2.42. The molecule has 18 heavy (non-hydrogen) atoms. The Balaban J connectivity index is 2.31. The monoisotopic (exact) mass is 266 g/mol. The van der Waals surface area contributed by atoms with E-state index in [0.717, 1.165) is 6.07 Å². The lowest BCUT2D eigenvalue weighted by Gasteiger charge is -2.19. The van der Waals surface area contributed by atoms with Crippen LogP contribution in [0.3, 0.4) is 0 Å². The number of aliphatic hydroxyl groups is 2. The van der Waals surface area contributed by atoms with Crippen LogP contribution in [0.4, 0.5) is 4.39 Å². The molecule has 0 aromatic heterocycles. The molecule has 94 valence electrons. The van der Waals surface area contributed by atoms with Crippen molar-refractivity contribution in [2.45, 2.75) is 12.2 Å². The van der Waals surface area contributed by atoms with E-state index >= 15 is 0 Å². The zero-order chi connectivity index (χ0) is 13.1. The molecule has 0 aliphatic heterocycles. The SMILES string of the molecule is OC(c1ccccc1)C(O)c1cc(F)ccc1Cl. The van der Waals surface area contributed by atoms with Crippen molar-refractivity contribution in [3.63, 3.8) is 0 Å². The van der Waals surface area contributed by atoms with E-state index in [1.165, 1.54) is 12.1 Å². The summed E-state index contributed by atoms with van der Waals surface area (Å²) in [5.41, 5.74) is 0.721. The number of rotatable bonds is 3. The molecule has 0 aliphatic carbocycles. The normalized spacial score (nSPS) is 14.2. The molecule has 2 nitrogen and oxygen atoms in total. The molecule has 0 fully saturated rings. The molecule has 2 atom stereocenters. The lowest BCUT2D eigenvalue weighted by atomic mass is 9.98. The number of benzene rings is 2. The Morgan fingerprint density at radius 3 is 2.28 bits per heavy atom. The van der Waals surface area contributed by atoms with E-state index in [4.69, 9.17) is 11.6 Å². The van der Waals surface area contributed by atoms with Gasteiger partial charge in [0.05, 0.1) is 0 Å². The van der Waals surface area contributed by atoms with Crippen molar-refractivity contribution in [1.29, 1.82) is 0 Å². The van der Waals surface area contributed by atoms with Gasteiger partial charge in [-0.2, -0.15) is 0 Å². The molecule has 0 amide bonds. The summed E-state index contributed by atoms with van der Waals surface area (Å²) in [5.74, 6) is -0.506. The topological polar surface area (TPSA) is 40.5 Å². The van der Waals surface area contributed by atoms with E-state index in [0.29, 0.717) is 5.56 Å². The van der Waals surface area contributed by atoms with Gasteiger partial charge in [-0.15, -0.1) is 0 Å². The Labute approximate surface area is 109 Å². The molecule has 0 bridgehead atoms. The van der Waals surface area contributed by atoms with Gasteiger partial charge in [-0.05, 0) is 23.8 Å². The van der Waals surface area contributed by atoms with Crippen LogP contribution < -0.4 is 0 Å². The van der Waals surface area contributed by atoms with Crippen LogP contribution in [0.1, 0.15) is 23.3 Å². The summed E-state index contributed by atoms with van der Waals surface area (Å²) in [4.78, 5) is 0. The molecule has 2 N–H and O–H groups in total. The predicted molar refractivity (Wildman–Crippen MR) is 67.8 cm³/mol. The standard InChI is InChI=1S/C14H12ClFO2/c15-12-7-6-10(16)8-11(12)14(18)13(17)9-4-2-1-3-5-9/h1-8,13-14,17-18H. The number of hydrogen-bond acceptors (Lipinski definition) is 2. The lowest BCUT2D eigenvalue weighted by Crippen LogP contribution is -2.11. The van der Waals surface area contributed by atoms with Gasteiger partial charge in [0.2, 0.25) is 0 Å². The largest absolute Gasteiger partial charge is 0.385 e. The third-order valence-electron chi connectivity index (χ3n) is 2.72. The third kappa shape index (κ3) is 2.70. The zero-order valence-corrected chi connectivity index (χ0v) is 10.2. The first-order chi connectivity index (χ1) is 8.59. The van der Waals surface area contributed by atoms with Crippen molar-refractivity contribution in [2.24, 2.45) is 0 Å². The number of halogens is 2. The molecule has 0 heterocycles. The predicted octanol–water partition coefficient (Wildman–Crippen LogP) is 3.25. The lowest BCUT2D eigenvalue weighted by molar-refractivity contribution is 0.0171. The van der Waals surface area contributed by atoms with Crippen molar-refractivity contribution in [2.75, 3.05) is 0 Å². The van der Waals surface area contributed by atoms with Crippen LogP contribution in [0.15, 0.2) is 48.5 Å². The van der Waals surface area contributed by atoms with Crippen LogP contribution in [0.25, 0.3) is 0 Å². The van der Waals surface area contributed by atoms with Gasteiger partial charge in [-0.25, -0.2) is 4.39 Å². The highest BCUT2D eigenvalue weighted by atomic mass is 35.5. The molecule has 2 unspecified atom stereocenters. The molecular weight excluding hydrogens is 255 g/mol. The molecule has 0 saturated carbocycles. The molecule has 0 radical (unpaired) electrons. The second-order valence-electron chi connectivity index (χ2n) is 3.97. The van der Waals surface area contributed by atoms with Crippen molar-refractivity contribution >= 4 is 11.6 Å². The van der Waals surface area contributed by atoms with E-state index in [1.807, 2.05) is 0 Å². The Bertz CT molecular complexity index is 531. The molecule has 0 saturated heterocycles. The average molecular weight is 267 g/mol. The van der Waals surface area contributed by atoms with Crippen LogP contribution in [0.2, 0.25) is 5.02 Å². The molecule has 0 spiro atoms. The fourth-order valence-corrected chi connectivity index (χ4v) is 1.97. The minimum Gasteiger partial charge on any atom is -0.385 e. The maximum atomic E-state index is 13.1. The summed E-state index contributed by atoms with van der Waals surface area (Å²) in [7, 11) is 0. The quantitative estimate of drug-likeness (QED) is 0.895. The van der Waals surface area contributed by atoms with Crippen LogP contribution in [-0.2, 0) is 0 Å². The van der Waals surface area contributed by atoms with Crippen LogP contribution >= 0.6 is 11.6 Å². The van der Waals surface area contributed by atoms with Gasteiger partial charge in [0, 0.05) is 10.6 Å². The maximum Gasteiger partial charge on any atom is 0.123 e. The van der Waals surface area contributed by atoms with Gasteiger partial charge in [0.25, 0.3) is 0 Å². The Kier molecular flexibility index (Phi) is 3.97. The molecule has 4 heteroatoms. The fourth-order valence-electron chi connectivity index (χ4n) is 1.74. The summed E-state index contributed by atoms with van der Waals surface area (Å²) in [6.45, 7) is 0. The first kappa shape index (κ1) is 13.0. The highest BCUT2D eigenvalue weighted by Gasteiger charge is 2.22. The third-order valence-corrected chi connectivity index (χ3v) is 3.06. The molecule has 2 aromatic carbocycles. The Hall–Kier alpha value is -1.42. The van der Waals surface area contributed by atoms with Crippen LogP contribution in [0, 0.1) is 5.82 Å². The number of aliphatic hydroxyl groups excluding tert-OH is 2. The second-order valence-corrected chi connectivity index (χ2v) is 4.37. The minimum absolute atomic E-state index is 0.174. The highest BCUT2D eigenvalue weighted by Crippen LogP contribution is 2.33. The first-order valence-corrected chi connectivity index (χ1v) is 5.83. The highest BCUT2D eigenvalue weighted by molar-refractivity contribution is 6.31. The van der Waals surface area contributed by atoms with Crippen LogP contribution in [0.5, 0.6) is 0 Å². The van der Waals surface area contributed by atoms with Crippen molar-refractivity contribution < 1.29 is 14.6 Å². The van der Waals surface area contributed by atoms with E-state index in [1.54, 1.807) is 30.3 Å². The van der Waals surface area contributed by atoms with Gasteiger partial charge in [-0.1, -0.05) is 41.9 Å². The van der Waals surface area contributed by atoms with E-state index in [-0.39, 0.29) is 10.6 Å². The van der Waals surface area contributed by atoms with Gasteiger partial charge < -0.3 is 10.2 Å². The maximum absolute atomic E-state index is 13.1. The van der Waals surface area contributed by atoms with Gasteiger partial charge >= 0.3 is 0 Å². The minimum atomic E-state index is -1.27. The van der Waals surface area contributed by atoms with Crippen molar-refractivity contribution in [3.8, 4) is 0 Å². The summed E-state index contributed by atoms with van der Waals surface area (Å²) in [5, 5.41) is 20.3. The first-order valence-electron chi connectivity index (χ1n) is 5.45. The van der Waals surface area contributed by atoms with Crippen LogP contribution in [-0.4, -0.2) is 10.2 Å². The molecule has 2 rings (SSSR count). The summed E-state index contributed by atoms with van der Waals surface area (Å²) < 4.78 is 13.1. The van der Waals surface area contributed by atoms with E-state index in [2.05, 4.69) is 0 Å². The fraction of sp³-hybridized carbons (Fsp3) is 0.143. The van der Waals surface area contributed by atoms with Crippen molar-refractivity contribution in [3.05, 3.63) is 70.5 Å². The number of hydrogen-bond donors (Lipinski definition) is 2. The van der Waals surface area contributed by atoms with E-state index < -0.39 is 18.0 Å². The summed E-state index contributed by atoms with van der Waals surface area (Å²) in [6, 6.07) is 12.3. The Morgan fingerprint density at radius 1 is 0.944 bits per heavy atom. The van der Waals surface area contributed by atoms with Gasteiger partial charge in [0.15, 0.2) is 0 Å².